The van der Waals surface area contributed by atoms with Gasteiger partial charge in [0.05, 0.1) is 17.8 Å². The fraction of sp³-hybridized carbons (Fsp3) is 0.455. The van der Waals surface area contributed by atoms with E-state index in [0.717, 1.165) is 5.69 Å². The lowest BCUT2D eigenvalue weighted by atomic mass is 10.2. The Labute approximate surface area is 106 Å². The normalized spacial score (nSPS) is 12.4. The highest BCUT2D eigenvalue weighted by molar-refractivity contribution is 6.36. The lowest BCUT2D eigenvalue weighted by molar-refractivity contribution is 0.414. The first kappa shape index (κ1) is 13.4. The van der Waals surface area contributed by atoms with Gasteiger partial charge in [-0.3, -0.25) is 0 Å². The van der Waals surface area contributed by atoms with Gasteiger partial charge in [-0.05, 0) is 19.1 Å². The van der Waals surface area contributed by atoms with Gasteiger partial charge in [0.15, 0.2) is 5.75 Å². The number of anilines is 1. The highest BCUT2D eigenvalue weighted by Crippen LogP contribution is 2.38. The first-order valence-corrected chi connectivity index (χ1v) is 5.72. The number of methoxy groups -OCH3 is 1. The second-order valence-electron chi connectivity index (χ2n) is 3.64. The predicted octanol–water partition coefficient (Wildman–Crippen LogP) is 2.79. The van der Waals surface area contributed by atoms with Crippen molar-refractivity contribution in [2.75, 3.05) is 25.6 Å². The minimum Gasteiger partial charge on any atom is -0.493 e. The molecule has 1 atom stereocenters. The number of halogens is 2. The standard InChI is InChI=1S/C11H16Cl2N2O/c1-7(6-14)15(2)10-5-8(12)4-9(13)11(10)16-3/h4-5,7H,6,14H2,1-3H3. The van der Waals surface area contributed by atoms with Crippen LogP contribution < -0.4 is 15.4 Å². The van der Waals surface area contributed by atoms with E-state index in [-0.39, 0.29) is 6.04 Å². The topological polar surface area (TPSA) is 38.5 Å². The summed E-state index contributed by atoms with van der Waals surface area (Å²) in [5.41, 5.74) is 6.47. The van der Waals surface area contributed by atoms with Crippen molar-refractivity contribution in [3.63, 3.8) is 0 Å². The van der Waals surface area contributed by atoms with E-state index in [4.69, 9.17) is 33.7 Å². The number of hydrogen-bond donors (Lipinski definition) is 1. The zero-order valence-corrected chi connectivity index (χ0v) is 11.1. The van der Waals surface area contributed by atoms with Gasteiger partial charge >= 0.3 is 0 Å². The zero-order chi connectivity index (χ0) is 12.3. The first-order chi connectivity index (χ1) is 7.51. The van der Waals surface area contributed by atoms with Crippen LogP contribution in [0.25, 0.3) is 0 Å². The van der Waals surface area contributed by atoms with Gasteiger partial charge in [0.25, 0.3) is 0 Å². The van der Waals surface area contributed by atoms with Crippen molar-refractivity contribution in [3.05, 3.63) is 22.2 Å². The average molecular weight is 263 g/mol. The number of hydrogen-bond acceptors (Lipinski definition) is 3. The summed E-state index contributed by atoms with van der Waals surface area (Å²) in [6.07, 6.45) is 0. The Morgan fingerprint density at radius 2 is 2.06 bits per heavy atom. The van der Waals surface area contributed by atoms with Crippen molar-refractivity contribution in [2.45, 2.75) is 13.0 Å². The van der Waals surface area contributed by atoms with E-state index in [9.17, 15) is 0 Å². The molecule has 0 amide bonds. The average Bonchev–Trinajstić information content (AvgIpc) is 2.26. The second-order valence-corrected chi connectivity index (χ2v) is 4.48. The van der Waals surface area contributed by atoms with Crippen molar-refractivity contribution < 1.29 is 4.74 Å². The highest BCUT2D eigenvalue weighted by atomic mass is 35.5. The Balaban J connectivity index is 3.20. The van der Waals surface area contributed by atoms with Crippen LogP contribution in [-0.4, -0.2) is 26.7 Å². The second kappa shape index (κ2) is 5.62. The van der Waals surface area contributed by atoms with Crippen molar-refractivity contribution >= 4 is 28.9 Å². The predicted molar refractivity (Wildman–Crippen MR) is 69.9 cm³/mol. The van der Waals surface area contributed by atoms with E-state index in [1.165, 1.54) is 0 Å². The van der Waals surface area contributed by atoms with Gasteiger partial charge in [0.2, 0.25) is 0 Å². The molecule has 0 saturated heterocycles. The molecule has 5 heteroatoms. The summed E-state index contributed by atoms with van der Waals surface area (Å²) >= 11 is 12.0. The van der Waals surface area contributed by atoms with Gasteiger partial charge in [-0.15, -0.1) is 0 Å². The molecule has 2 N–H and O–H groups in total. The molecule has 3 nitrogen and oxygen atoms in total. The fourth-order valence-electron chi connectivity index (χ4n) is 1.41. The third-order valence-electron chi connectivity index (χ3n) is 2.58. The first-order valence-electron chi connectivity index (χ1n) is 4.97. The molecule has 1 rings (SSSR count). The van der Waals surface area contributed by atoms with E-state index >= 15 is 0 Å². The minimum atomic E-state index is 0.184. The van der Waals surface area contributed by atoms with Gasteiger partial charge in [0, 0.05) is 24.7 Å². The van der Waals surface area contributed by atoms with Gasteiger partial charge < -0.3 is 15.4 Å². The summed E-state index contributed by atoms with van der Waals surface area (Å²) in [6.45, 7) is 2.57. The molecule has 0 aliphatic heterocycles. The Morgan fingerprint density at radius 1 is 1.44 bits per heavy atom. The molecule has 90 valence electrons. The van der Waals surface area contributed by atoms with Crippen LogP contribution in [0.3, 0.4) is 0 Å². The summed E-state index contributed by atoms with van der Waals surface area (Å²) in [5, 5.41) is 1.08. The third kappa shape index (κ3) is 2.73. The van der Waals surface area contributed by atoms with Crippen LogP contribution in [0.5, 0.6) is 5.75 Å². The largest absolute Gasteiger partial charge is 0.493 e. The molecule has 0 spiro atoms. The number of rotatable bonds is 4. The Morgan fingerprint density at radius 3 is 2.56 bits per heavy atom. The third-order valence-corrected chi connectivity index (χ3v) is 3.07. The van der Waals surface area contributed by atoms with Gasteiger partial charge in [0.1, 0.15) is 0 Å². The van der Waals surface area contributed by atoms with Crippen LogP contribution >= 0.6 is 23.2 Å². The number of nitrogens with zero attached hydrogens (tertiary/aromatic N) is 1. The van der Waals surface area contributed by atoms with Gasteiger partial charge in [-0.25, -0.2) is 0 Å². The molecule has 0 saturated carbocycles. The molecule has 0 aliphatic carbocycles. The SMILES string of the molecule is COc1c(Cl)cc(Cl)cc1N(C)C(C)CN. The maximum absolute atomic E-state index is 6.06. The smallest absolute Gasteiger partial charge is 0.160 e. The molecule has 0 aromatic heterocycles. The zero-order valence-electron chi connectivity index (χ0n) is 9.63. The van der Waals surface area contributed by atoms with E-state index < -0.39 is 0 Å². The molecule has 0 fully saturated rings. The van der Waals surface area contributed by atoms with Crippen molar-refractivity contribution in [2.24, 2.45) is 5.73 Å². The number of nitrogens with two attached hydrogens (primary N) is 1. The summed E-state index contributed by atoms with van der Waals surface area (Å²) in [5.74, 6) is 0.619. The molecule has 1 unspecified atom stereocenters. The number of benzene rings is 1. The molecule has 0 heterocycles. The molecule has 0 radical (unpaired) electrons. The minimum absolute atomic E-state index is 0.184. The van der Waals surface area contributed by atoms with Crippen LogP contribution in [0, 0.1) is 0 Å². The quantitative estimate of drug-likeness (QED) is 0.907. The summed E-state index contributed by atoms with van der Waals surface area (Å²) in [7, 11) is 3.52. The molecular formula is C11H16Cl2N2O. The number of ether oxygens (including phenoxy) is 1. The number of likely N-dealkylation sites (N-methyl/N-ethyl adjacent to an activating group) is 1. The van der Waals surface area contributed by atoms with Crippen molar-refractivity contribution in [1.29, 1.82) is 0 Å². The Kier molecular flexibility index (Phi) is 4.71. The summed E-state index contributed by atoms with van der Waals surface area (Å²) in [6, 6.07) is 3.66. The van der Waals surface area contributed by atoms with E-state index in [2.05, 4.69) is 0 Å². The molecule has 1 aromatic carbocycles. The van der Waals surface area contributed by atoms with Crippen molar-refractivity contribution in [1.82, 2.24) is 0 Å². The van der Waals surface area contributed by atoms with Gasteiger partial charge in [-0.2, -0.15) is 0 Å². The molecule has 0 aliphatic rings. The maximum Gasteiger partial charge on any atom is 0.160 e. The Bertz CT molecular complexity index is 371. The lowest BCUT2D eigenvalue weighted by Gasteiger charge is -2.28. The van der Waals surface area contributed by atoms with Crippen molar-refractivity contribution in [3.8, 4) is 5.75 Å². The van der Waals surface area contributed by atoms with E-state index in [1.54, 1.807) is 13.2 Å². The monoisotopic (exact) mass is 262 g/mol. The van der Waals surface area contributed by atoms with Gasteiger partial charge in [-0.1, -0.05) is 23.2 Å². The lowest BCUT2D eigenvalue weighted by Crippen LogP contribution is -2.35. The molecule has 0 bridgehead atoms. The Hall–Kier alpha value is -0.640. The van der Waals surface area contributed by atoms with E-state index in [0.29, 0.717) is 22.3 Å². The molecular weight excluding hydrogens is 247 g/mol. The highest BCUT2D eigenvalue weighted by Gasteiger charge is 2.16. The van der Waals surface area contributed by atoms with Crippen LogP contribution in [0.4, 0.5) is 5.69 Å². The molecule has 16 heavy (non-hydrogen) atoms. The fourth-order valence-corrected chi connectivity index (χ4v) is 1.97. The maximum atomic E-state index is 6.06. The van der Waals surface area contributed by atoms with Crippen LogP contribution in [0.15, 0.2) is 12.1 Å². The van der Waals surface area contributed by atoms with Crippen LogP contribution in [0.2, 0.25) is 10.0 Å². The van der Waals surface area contributed by atoms with Crippen LogP contribution in [-0.2, 0) is 0 Å². The summed E-state index contributed by atoms with van der Waals surface area (Å²) < 4.78 is 5.27. The van der Waals surface area contributed by atoms with E-state index in [1.807, 2.05) is 24.9 Å². The summed E-state index contributed by atoms with van der Waals surface area (Å²) in [4.78, 5) is 2.00. The molecule has 1 aromatic rings. The van der Waals surface area contributed by atoms with Crippen LogP contribution in [0.1, 0.15) is 6.92 Å².